The molecular formula is C20H21ClN2O4S. The van der Waals surface area contributed by atoms with Crippen LogP contribution >= 0.6 is 11.6 Å². The van der Waals surface area contributed by atoms with Crippen LogP contribution < -0.4 is 5.32 Å². The highest BCUT2D eigenvalue weighted by Crippen LogP contribution is 2.28. The van der Waals surface area contributed by atoms with Gasteiger partial charge in [0.2, 0.25) is 11.8 Å². The van der Waals surface area contributed by atoms with Gasteiger partial charge in [0, 0.05) is 18.0 Å². The van der Waals surface area contributed by atoms with Gasteiger partial charge in [-0.2, -0.15) is 0 Å². The summed E-state index contributed by atoms with van der Waals surface area (Å²) in [5.41, 5.74) is 2.58. The van der Waals surface area contributed by atoms with Crippen LogP contribution in [0.4, 0.5) is 0 Å². The number of benzene rings is 2. The molecule has 0 bridgehead atoms. The van der Waals surface area contributed by atoms with Gasteiger partial charge in [0.05, 0.1) is 4.90 Å². The molecule has 6 nitrogen and oxygen atoms in total. The second-order valence-corrected chi connectivity index (χ2v) is 9.09. The summed E-state index contributed by atoms with van der Waals surface area (Å²) in [5, 5.41) is 3.30. The summed E-state index contributed by atoms with van der Waals surface area (Å²) < 4.78 is 26.8. The summed E-state index contributed by atoms with van der Waals surface area (Å²) in [4.78, 5) is 25.0. The number of hydrogen-bond acceptors (Lipinski definition) is 4. The van der Waals surface area contributed by atoms with E-state index in [0.717, 1.165) is 21.0 Å². The topological polar surface area (TPSA) is 83.6 Å². The maximum absolute atomic E-state index is 13.0. The van der Waals surface area contributed by atoms with E-state index in [1.54, 1.807) is 37.3 Å². The third-order valence-electron chi connectivity index (χ3n) is 4.88. The fraction of sp³-hybridized carbons (Fsp3) is 0.300. The SMILES string of the molecule is Cc1ccc(S(=O)(=O)N2C(=O)CC[C@@H]2C(=O)NCc2ccc(Cl)cc2)cc1C. The number of halogens is 1. The first-order chi connectivity index (χ1) is 13.2. The Morgan fingerprint density at radius 3 is 2.46 bits per heavy atom. The molecule has 0 aliphatic carbocycles. The van der Waals surface area contributed by atoms with Crippen LogP contribution in [0.5, 0.6) is 0 Å². The second kappa shape index (κ2) is 7.93. The molecule has 8 heteroatoms. The van der Waals surface area contributed by atoms with Gasteiger partial charge in [0.15, 0.2) is 0 Å². The van der Waals surface area contributed by atoms with E-state index in [2.05, 4.69) is 5.32 Å². The number of carbonyl (C=O) groups is 2. The number of rotatable bonds is 5. The lowest BCUT2D eigenvalue weighted by molar-refractivity contribution is -0.130. The van der Waals surface area contributed by atoms with Crippen LogP contribution in [0.1, 0.15) is 29.5 Å². The molecule has 28 heavy (non-hydrogen) atoms. The van der Waals surface area contributed by atoms with Crippen molar-refractivity contribution >= 4 is 33.4 Å². The Balaban J connectivity index is 1.80. The van der Waals surface area contributed by atoms with E-state index in [4.69, 9.17) is 11.6 Å². The minimum Gasteiger partial charge on any atom is -0.350 e. The Morgan fingerprint density at radius 1 is 1.14 bits per heavy atom. The second-order valence-electron chi connectivity index (χ2n) is 6.84. The largest absolute Gasteiger partial charge is 0.350 e. The molecule has 3 rings (SSSR count). The molecule has 1 atom stereocenters. The molecule has 1 aliphatic heterocycles. The van der Waals surface area contributed by atoms with Gasteiger partial charge in [-0.05, 0) is 61.2 Å². The monoisotopic (exact) mass is 420 g/mol. The molecule has 1 saturated heterocycles. The molecule has 0 spiro atoms. The molecule has 0 radical (unpaired) electrons. The molecule has 1 fully saturated rings. The molecule has 1 aliphatic rings. The Kier molecular flexibility index (Phi) is 5.76. The number of hydrogen-bond donors (Lipinski definition) is 1. The molecule has 1 N–H and O–H groups in total. The number of amides is 2. The van der Waals surface area contributed by atoms with E-state index in [0.29, 0.717) is 5.02 Å². The van der Waals surface area contributed by atoms with Crippen molar-refractivity contribution in [1.82, 2.24) is 9.62 Å². The molecule has 148 valence electrons. The van der Waals surface area contributed by atoms with Crippen LogP contribution in [-0.4, -0.2) is 30.6 Å². The van der Waals surface area contributed by atoms with Crippen molar-refractivity contribution in [3.8, 4) is 0 Å². The first kappa shape index (κ1) is 20.4. The average Bonchev–Trinajstić information content (AvgIpc) is 3.05. The fourth-order valence-corrected chi connectivity index (χ4v) is 4.91. The molecule has 2 amide bonds. The first-order valence-electron chi connectivity index (χ1n) is 8.87. The van der Waals surface area contributed by atoms with Gasteiger partial charge >= 0.3 is 0 Å². The predicted octanol–water partition coefficient (Wildman–Crippen LogP) is 2.95. The smallest absolute Gasteiger partial charge is 0.267 e. The summed E-state index contributed by atoms with van der Waals surface area (Å²) in [6.45, 7) is 3.90. The summed E-state index contributed by atoms with van der Waals surface area (Å²) >= 11 is 5.84. The van der Waals surface area contributed by atoms with Crippen molar-refractivity contribution in [1.29, 1.82) is 0 Å². The lowest BCUT2D eigenvalue weighted by atomic mass is 10.1. The number of carbonyl (C=O) groups excluding carboxylic acids is 2. The van der Waals surface area contributed by atoms with Crippen LogP contribution in [0, 0.1) is 13.8 Å². The highest BCUT2D eigenvalue weighted by Gasteiger charge is 2.44. The highest BCUT2D eigenvalue weighted by molar-refractivity contribution is 7.89. The Hall–Kier alpha value is -2.38. The Labute approximate surface area is 169 Å². The van der Waals surface area contributed by atoms with Crippen molar-refractivity contribution in [3.63, 3.8) is 0 Å². The zero-order valence-electron chi connectivity index (χ0n) is 15.6. The maximum Gasteiger partial charge on any atom is 0.267 e. The van der Waals surface area contributed by atoms with Gasteiger partial charge in [0.1, 0.15) is 6.04 Å². The third-order valence-corrected chi connectivity index (χ3v) is 6.96. The zero-order valence-corrected chi connectivity index (χ0v) is 17.2. The molecule has 0 unspecified atom stereocenters. The molecule has 0 saturated carbocycles. The summed E-state index contributed by atoms with van der Waals surface area (Å²) in [6, 6.07) is 10.6. The van der Waals surface area contributed by atoms with Gasteiger partial charge in [-0.15, -0.1) is 0 Å². The van der Waals surface area contributed by atoms with Gasteiger partial charge in [0.25, 0.3) is 10.0 Å². The van der Waals surface area contributed by atoms with E-state index in [1.165, 1.54) is 12.1 Å². The fourth-order valence-electron chi connectivity index (χ4n) is 3.10. The van der Waals surface area contributed by atoms with Gasteiger partial charge in [-0.1, -0.05) is 29.8 Å². The van der Waals surface area contributed by atoms with Crippen molar-refractivity contribution in [3.05, 3.63) is 64.2 Å². The highest BCUT2D eigenvalue weighted by atomic mass is 35.5. The lowest BCUT2D eigenvalue weighted by Gasteiger charge is -2.24. The van der Waals surface area contributed by atoms with E-state index in [9.17, 15) is 18.0 Å². The predicted molar refractivity (Wildman–Crippen MR) is 106 cm³/mol. The number of nitrogens with zero attached hydrogens (tertiary/aromatic N) is 1. The first-order valence-corrected chi connectivity index (χ1v) is 10.7. The molecule has 2 aromatic rings. The van der Waals surface area contributed by atoms with Gasteiger partial charge < -0.3 is 5.32 Å². The van der Waals surface area contributed by atoms with Crippen LogP contribution in [0.3, 0.4) is 0 Å². The molecular weight excluding hydrogens is 400 g/mol. The molecule has 0 aromatic heterocycles. The van der Waals surface area contributed by atoms with Crippen LogP contribution in [0.2, 0.25) is 5.02 Å². The van der Waals surface area contributed by atoms with Gasteiger partial charge in [-0.25, -0.2) is 12.7 Å². The Bertz CT molecular complexity index is 1020. The minimum absolute atomic E-state index is 0.0151. The summed E-state index contributed by atoms with van der Waals surface area (Å²) in [7, 11) is -4.10. The van der Waals surface area contributed by atoms with Crippen LogP contribution in [0.15, 0.2) is 47.4 Å². The van der Waals surface area contributed by atoms with Crippen molar-refractivity contribution < 1.29 is 18.0 Å². The van der Waals surface area contributed by atoms with Crippen LogP contribution in [0.25, 0.3) is 0 Å². The summed E-state index contributed by atoms with van der Waals surface area (Å²) in [6.07, 6.45) is 0.179. The average molecular weight is 421 g/mol. The molecule has 2 aromatic carbocycles. The third kappa shape index (κ3) is 4.05. The quantitative estimate of drug-likeness (QED) is 0.806. The normalized spacial score (nSPS) is 17.0. The van der Waals surface area contributed by atoms with E-state index < -0.39 is 27.9 Å². The minimum atomic E-state index is -4.10. The Morgan fingerprint density at radius 2 is 1.82 bits per heavy atom. The van der Waals surface area contributed by atoms with Gasteiger partial charge in [-0.3, -0.25) is 9.59 Å². The van der Waals surface area contributed by atoms with Crippen molar-refractivity contribution in [2.24, 2.45) is 0 Å². The number of aryl methyl sites for hydroxylation is 2. The standard InChI is InChI=1S/C20H21ClN2O4S/c1-13-3-8-17(11-14(13)2)28(26,27)23-18(9-10-19(23)24)20(25)22-12-15-4-6-16(21)7-5-15/h3-8,11,18H,9-10,12H2,1-2H3,(H,22,25)/t18-/m1/s1. The van der Waals surface area contributed by atoms with Crippen LogP contribution in [-0.2, 0) is 26.2 Å². The van der Waals surface area contributed by atoms with E-state index in [1.807, 2.05) is 6.92 Å². The summed E-state index contributed by atoms with van der Waals surface area (Å²) in [5.74, 6) is -1.06. The maximum atomic E-state index is 13.0. The zero-order chi connectivity index (χ0) is 20.5. The molecule has 1 heterocycles. The van der Waals surface area contributed by atoms with E-state index >= 15 is 0 Å². The number of nitrogens with one attached hydrogen (secondary N) is 1. The number of sulfonamides is 1. The van der Waals surface area contributed by atoms with Crippen molar-refractivity contribution in [2.45, 2.75) is 44.2 Å². The van der Waals surface area contributed by atoms with E-state index in [-0.39, 0.29) is 24.3 Å². The lowest BCUT2D eigenvalue weighted by Crippen LogP contribution is -2.47. The van der Waals surface area contributed by atoms with Crippen molar-refractivity contribution in [2.75, 3.05) is 0 Å².